The van der Waals surface area contributed by atoms with Crippen molar-refractivity contribution >= 4 is 21.6 Å². The van der Waals surface area contributed by atoms with Crippen LogP contribution >= 0.6 is 0 Å². The maximum atomic E-state index is 13.1. The zero-order valence-corrected chi connectivity index (χ0v) is 15.1. The van der Waals surface area contributed by atoms with E-state index in [2.05, 4.69) is 6.92 Å². The highest BCUT2D eigenvalue weighted by atomic mass is 32.2. The Labute approximate surface area is 143 Å². The number of carbonyl (C=O) groups excluding carboxylic acids is 1. The number of carbonyl (C=O) groups is 1. The van der Waals surface area contributed by atoms with Crippen molar-refractivity contribution < 1.29 is 13.2 Å². The molecule has 0 bridgehead atoms. The van der Waals surface area contributed by atoms with E-state index in [0.717, 1.165) is 49.0 Å². The second-order valence-electron chi connectivity index (χ2n) is 7.42. The van der Waals surface area contributed by atoms with Gasteiger partial charge in [0.2, 0.25) is 15.9 Å². The molecule has 0 aromatic heterocycles. The molecular weight excluding hydrogens is 324 g/mol. The molecule has 1 saturated heterocycles. The molecule has 6 heteroatoms. The number of nitrogens with zero attached hydrogens (tertiary/aromatic N) is 2. The molecule has 0 saturated carbocycles. The third-order valence-electron chi connectivity index (χ3n) is 5.77. The maximum Gasteiger partial charge on any atom is 0.243 e. The summed E-state index contributed by atoms with van der Waals surface area (Å²) >= 11 is 0. The first kappa shape index (κ1) is 16.1. The van der Waals surface area contributed by atoms with Crippen molar-refractivity contribution in [1.29, 1.82) is 0 Å². The summed E-state index contributed by atoms with van der Waals surface area (Å²) in [5.74, 6) is 0.449. The summed E-state index contributed by atoms with van der Waals surface area (Å²) in [6.45, 7) is 5.99. The molecule has 0 N–H and O–H groups in total. The molecule has 0 aliphatic carbocycles. The van der Waals surface area contributed by atoms with Crippen LogP contribution in [0.5, 0.6) is 0 Å². The second-order valence-corrected chi connectivity index (χ2v) is 9.36. The van der Waals surface area contributed by atoms with Crippen molar-refractivity contribution in [3.05, 3.63) is 23.3 Å². The summed E-state index contributed by atoms with van der Waals surface area (Å²) in [6, 6.07) is 3.56. The molecule has 0 unspecified atom stereocenters. The van der Waals surface area contributed by atoms with Crippen LogP contribution < -0.4 is 4.90 Å². The van der Waals surface area contributed by atoms with Gasteiger partial charge in [-0.3, -0.25) is 4.79 Å². The van der Waals surface area contributed by atoms with Gasteiger partial charge in [-0.1, -0.05) is 6.92 Å². The van der Waals surface area contributed by atoms with Crippen molar-refractivity contribution in [3.63, 3.8) is 0 Å². The Kier molecular flexibility index (Phi) is 3.73. The van der Waals surface area contributed by atoms with E-state index in [-0.39, 0.29) is 11.8 Å². The summed E-state index contributed by atoms with van der Waals surface area (Å²) in [6.07, 6.45) is 3.58. The van der Waals surface area contributed by atoms with Gasteiger partial charge in [0.05, 0.1) is 16.5 Å². The van der Waals surface area contributed by atoms with Gasteiger partial charge in [-0.15, -0.1) is 0 Å². The van der Waals surface area contributed by atoms with Gasteiger partial charge in [-0.25, -0.2) is 8.42 Å². The third kappa shape index (κ3) is 2.30. The van der Waals surface area contributed by atoms with Crippen LogP contribution in [0.3, 0.4) is 0 Å². The first-order valence-electron chi connectivity index (χ1n) is 8.88. The smallest absolute Gasteiger partial charge is 0.243 e. The molecule has 1 aromatic carbocycles. The Bertz CT molecular complexity index is 795. The van der Waals surface area contributed by atoms with Crippen molar-refractivity contribution in [1.82, 2.24) is 4.31 Å². The first-order valence-corrected chi connectivity index (χ1v) is 10.3. The predicted molar refractivity (Wildman–Crippen MR) is 92.7 cm³/mol. The maximum absolute atomic E-state index is 13.1. The monoisotopic (exact) mass is 348 g/mol. The van der Waals surface area contributed by atoms with Gasteiger partial charge in [-0.05, 0) is 61.8 Å². The van der Waals surface area contributed by atoms with Crippen LogP contribution in [0.2, 0.25) is 0 Å². The molecule has 130 valence electrons. The lowest BCUT2D eigenvalue weighted by molar-refractivity contribution is -0.119. The van der Waals surface area contributed by atoms with E-state index in [1.165, 1.54) is 0 Å². The quantitative estimate of drug-likeness (QED) is 0.825. The lowest BCUT2D eigenvalue weighted by atomic mass is 9.97. The summed E-state index contributed by atoms with van der Waals surface area (Å²) in [7, 11) is -3.47. The normalized spacial score (nSPS) is 25.2. The van der Waals surface area contributed by atoms with Gasteiger partial charge in [0, 0.05) is 19.6 Å². The lowest BCUT2D eigenvalue weighted by Gasteiger charge is -2.30. The average Bonchev–Trinajstić information content (AvgIpc) is 2.82. The average molecular weight is 348 g/mol. The fourth-order valence-corrected chi connectivity index (χ4v) is 5.75. The van der Waals surface area contributed by atoms with E-state index in [0.29, 0.717) is 23.9 Å². The Morgan fingerprint density at radius 1 is 1.08 bits per heavy atom. The van der Waals surface area contributed by atoms with E-state index < -0.39 is 10.0 Å². The van der Waals surface area contributed by atoms with Crippen LogP contribution in [-0.2, 0) is 21.2 Å². The minimum atomic E-state index is -3.47. The molecule has 4 rings (SSSR count). The highest BCUT2D eigenvalue weighted by Crippen LogP contribution is 2.44. The Hall–Kier alpha value is -1.40. The fraction of sp³-hybridized carbons (Fsp3) is 0.611. The molecule has 1 amide bonds. The molecule has 1 aromatic rings. The van der Waals surface area contributed by atoms with Crippen LogP contribution in [0, 0.1) is 5.92 Å². The zero-order valence-electron chi connectivity index (χ0n) is 14.3. The van der Waals surface area contributed by atoms with Gasteiger partial charge in [0.1, 0.15) is 0 Å². The van der Waals surface area contributed by atoms with E-state index in [9.17, 15) is 13.2 Å². The standard InChI is InChI=1S/C18H24N2O3S/c1-12-5-8-19(9-6-12)24(22,23)15-10-14-4-3-7-20-17(14)16(11-15)13(2)18(20)21/h10-13H,3-9H2,1-2H3/t13-/m0/s1. The van der Waals surface area contributed by atoms with Crippen molar-refractivity contribution in [3.8, 4) is 0 Å². The van der Waals surface area contributed by atoms with Gasteiger partial charge in [0.25, 0.3) is 0 Å². The zero-order chi connectivity index (χ0) is 17.1. The van der Waals surface area contributed by atoms with E-state index in [1.54, 1.807) is 10.4 Å². The van der Waals surface area contributed by atoms with Crippen molar-refractivity contribution in [2.75, 3.05) is 24.5 Å². The van der Waals surface area contributed by atoms with Gasteiger partial charge in [-0.2, -0.15) is 4.31 Å². The van der Waals surface area contributed by atoms with Crippen molar-refractivity contribution in [2.24, 2.45) is 5.92 Å². The lowest BCUT2D eigenvalue weighted by Crippen LogP contribution is -2.38. The first-order chi connectivity index (χ1) is 11.4. The van der Waals surface area contributed by atoms with E-state index >= 15 is 0 Å². The Balaban J connectivity index is 1.77. The van der Waals surface area contributed by atoms with Gasteiger partial charge in [0.15, 0.2) is 0 Å². The molecule has 0 spiro atoms. The van der Waals surface area contributed by atoms with Crippen LogP contribution in [0.1, 0.15) is 50.2 Å². The van der Waals surface area contributed by atoms with Crippen LogP contribution in [0.15, 0.2) is 17.0 Å². The number of aryl methyl sites for hydroxylation is 1. The van der Waals surface area contributed by atoms with E-state index in [4.69, 9.17) is 0 Å². The molecule has 5 nitrogen and oxygen atoms in total. The summed E-state index contributed by atoms with van der Waals surface area (Å²) in [5, 5.41) is 0. The summed E-state index contributed by atoms with van der Waals surface area (Å²) in [4.78, 5) is 14.7. The number of anilines is 1. The number of amides is 1. The molecule has 3 aliphatic rings. The van der Waals surface area contributed by atoms with Crippen LogP contribution in [0.4, 0.5) is 5.69 Å². The highest BCUT2D eigenvalue weighted by molar-refractivity contribution is 7.89. The van der Waals surface area contributed by atoms with Crippen LogP contribution in [-0.4, -0.2) is 38.3 Å². The topological polar surface area (TPSA) is 57.7 Å². The predicted octanol–water partition coefficient (Wildman–Crippen LogP) is 2.50. The molecule has 1 fully saturated rings. The molecule has 3 heterocycles. The summed E-state index contributed by atoms with van der Waals surface area (Å²) in [5.41, 5.74) is 2.88. The molecule has 1 atom stereocenters. The third-order valence-corrected chi connectivity index (χ3v) is 7.65. The van der Waals surface area contributed by atoms with Gasteiger partial charge < -0.3 is 4.90 Å². The van der Waals surface area contributed by atoms with Crippen molar-refractivity contribution in [2.45, 2.75) is 50.3 Å². The number of hydrogen-bond acceptors (Lipinski definition) is 3. The summed E-state index contributed by atoms with van der Waals surface area (Å²) < 4.78 is 27.8. The number of benzene rings is 1. The molecule has 3 aliphatic heterocycles. The van der Waals surface area contributed by atoms with Crippen LogP contribution in [0.25, 0.3) is 0 Å². The number of hydrogen-bond donors (Lipinski definition) is 0. The Morgan fingerprint density at radius 3 is 2.50 bits per heavy atom. The minimum absolute atomic E-state index is 0.104. The number of sulfonamides is 1. The molecular formula is C18H24N2O3S. The molecule has 0 radical (unpaired) electrons. The largest absolute Gasteiger partial charge is 0.311 e. The molecule has 24 heavy (non-hydrogen) atoms. The number of piperidine rings is 1. The minimum Gasteiger partial charge on any atom is -0.311 e. The number of rotatable bonds is 2. The van der Waals surface area contributed by atoms with E-state index in [1.807, 2.05) is 17.9 Å². The SMILES string of the molecule is CC1CCN(S(=O)(=O)c2cc3c4c(c2)[C@H](C)C(=O)N4CCC3)CC1. The Morgan fingerprint density at radius 2 is 1.79 bits per heavy atom. The second kappa shape index (κ2) is 5.56. The van der Waals surface area contributed by atoms with Gasteiger partial charge >= 0.3 is 0 Å². The highest BCUT2D eigenvalue weighted by Gasteiger charge is 2.39. The fourth-order valence-electron chi connectivity index (χ4n) is 4.19.